The smallest absolute Gasteiger partial charge is 0.120 e. The van der Waals surface area contributed by atoms with Gasteiger partial charge in [-0.25, -0.2) is 0 Å². The molecule has 1 unspecified atom stereocenters. The van der Waals surface area contributed by atoms with Crippen LogP contribution in [0.3, 0.4) is 0 Å². The topological polar surface area (TPSA) is 21.3 Å². The molecule has 2 heteroatoms. The van der Waals surface area contributed by atoms with Crippen LogP contribution in [0.2, 0.25) is 0 Å². The van der Waals surface area contributed by atoms with Gasteiger partial charge in [-0.05, 0) is 37.8 Å². The molecule has 0 aromatic heterocycles. The molecule has 88 valence electrons. The molecule has 0 spiro atoms. The molecular formula is C14H21NO. The van der Waals surface area contributed by atoms with Gasteiger partial charge < -0.3 is 10.1 Å². The number of benzene rings is 1. The van der Waals surface area contributed by atoms with E-state index in [-0.39, 0.29) is 0 Å². The van der Waals surface area contributed by atoms with Gasteiger partial charge >= 0.3 is 0 Å². The van der Waals surface area contributed by atoms with Crippen LogP contribution in [0.25, 0.3) is 0 Å². The van der Waals surface area contributed by atoms with Crippen molar-refractivity contribution >= 4 is 5.69 Å². The number of ether oxygens (including phenoxy) is 1. The lowest BCUT2D eigenvalue weighted by molar-refractivity contribution is 0.415. The van der Waals surface area contributed by atoms with Crippen molar-refractivity contribution in [2.45, 2.75) is 39.2 Å². The SMILES string of the molecule is COc1ccc(C)c(NC(C)CC2CC2)c1. The summed E-state index contributed by atoms with van der Waals surface area (Å²) in [6.45, 7) is 4.39. The van der Waals surface area contributed by atoms with Gasteiger partial charge in [0.15, 0.2) is 0 Å². The van der Waals surface area contributed by atoms with Crippen LogP contribution in [0, 0.1) is 12.8 Å². The molecule has 2 nitrogen and oxygen atoms in total. The molecule has 0 heterocycles. The second-order valence-corrected chi connectivity index (χ2v) is 4.91. The van der Waals surface area contributed by atoms with Gasteiger partial charge in [-0.1, -0.05) is 18.9 Å². The zero-order chi connectivity index (χ0) is 11.5. The summed E-state index contributed by atoms with van der Waals surface area (Å²) in [4.78, 5) is 0. The highest BCUT2D eigenvalue weighted by atomic mass is 16.5. The summed E-state index contributed by atoms with van der Waals surface area (Å²) < 4.78 is 5.24. The van der Waals surface area contributed by atoms with E-state index in [1.807, 2.05) is 6.07 Å². The Kier molecular flexibility index (Phi) is 3.37. The van der Waals surface area contributed by atoms with Crippen LogP contribution in [0.1, 0.15) is 31.7 Å². The van der Waals surface area contributed by atoms with Crippen LogP contribution < -0.4 is 10.1 Å². The summed E-state index contributed by atoms with van der Waals surface area (Å²) in [7, 11) is 1.71. The summed E-state index contributed by atoms with van der Waals surface area (Å²) in [6.07, 6.45) is 4.13. The number of aryl methyl sites for hydroxylation is 1. The van der Waals surface area contributed by atoms with Crippen molar-refractivity contribution in [1.82, 2.24) is 0 Å². The van der Waals surface area contributed by atoms with Crippen LogP contribution in [-0.4, -0.2) is 13.2 Å². The van der Waals surface area contributed by atoms with Gasteiger partial charge in [0.05, 0.1) is 7.11 Å². The lowest BCUT2D eigenvalue weighted by Gasteiger charge is -2.17. The Morgan fingerprint density at radius 1 is 1.44 bits per heavy atom. The lowest BCUT2D eigenvalue weighted by Crippen LogP contribution is -2.16. The number of hydrogen-bond donors (Lipinski definition) is 1. The van der Waals surface area contributed by atoms with Crippen molar-refractivity contribution < 1.29 is 4.74 Å². The average Bonchev–Trinajstić information content (AvgIpc) is 3.05. The van der Waals surface area contributed by atoms with Crippen LogP contribution in [0.5, 0.6) is 5.75 Å². The van der Waals surface area contributed by atoms with Gasteiger partial charge in [-0.15, -0.1) is 0 Å². The quantitative estimate of drug-likeness (QED) is 0.817. The van der Waals surface area contributed by atoms with Crippen LogP contribution in [-0.2, 0) is 0 Å². The molecule has 0 saturated heterocycles. The van der Waals surface area contributed by atoms with E-state index in [2.05, 4.69) is 31.3 Å². The fourth-order valence-corrected chi connectivity index (χ4v) is 2.06. The van der Waals surface area contributed by atoms with Crippen molar-refractivity contribution in [2.24, 2.45) is 5.92 Å². The Morgan fingerprint density at radius 3 is 2.81 bits per heavy atom. The minimum absolute atomic E-state index is 0.554. The van der Waals surface area contributed by atoms with Crippen LogP contribution >= 0.6 is 0 Å². The van der Waals surface area contributed by atoms with E-state index in [1.54, 1.807) is 7.11 Å². The second-order valence-electron chi connectivity index (χ2n) is 4.91. The molecule has 0 bridgehead atoms. The van der Waals surface area contributed by atoms with E-state index in [4.69, 9.17) is 4.74 Å². The first-order valence-electron chi connectivity index (χ1n) is 6.10. The van der Waals surface area contributed by atoms with E-state index in [1.165, 1.54) is 30.5 Å². The number of anilines is 1. The Morgan fingerprint density at radius 2 is 2.19 bits per heavy atom. The zero-order valence-corrected chi connectivity index (χ0v) is 10.4. The molecule has 1 N–H and O–H groups in total. The fourth-order valence-electron chi connectivity index (χ4n) is 2.06. The minimum Gasteiger partial charge on any atom is -0.497 e. The molecule has 1 saturated carbocycles. The Labute approximate surface area is 98.0 Å². The first-order valence-corrected chi connectivity index (χ1v) is 6.10. The van der Waals surface area contributed by atoms with Gasteiger partial charge in [0, 0.05) is 17.8 Å². The first-order chi connectivity index (χ1) is 7.69. The van der Waals surface area contributed by atoms with Gasteiger partial charge in [-0.2, -0.15) is 0 Å². The van der Waals surface area contributed by atoms with E-state index >= 15 is 0 Å². The highest BCUT2D eigenvalue weighted by Crippen LogP contribution is 2.34. The van der Waals surface area contributed by atoms with Crippen molar-refractivity contribution in [1.29, 1.82) is 0 Å². The van der Waals surface area contributed by atoms with Crippen molar-refractivity contribution in [2.75, 3.05) is 12.4 Å². The molecule has 1 aliphatic rings. The van der Waals surface area contributed by atoms with Gasteiger partial charge in [-0.3, -0.25) is 0 Å². The molecule has 1 aromatic carbocycles. The Hall–Kier alpha value is -1.18. The number of nitrogens with one attached hydrogen (secondary N) is 1. The van der Waals surface area contributed by atoms with Gasteiger partial charge in [0.25, 0.3) is 0 Å². The third-order valence-corrected chi connectivity index (χ3v) is 3.23. The highest BCUT2D eigenvalue weighted by Gasteiger charge is 2.23. The molecule has 1 aromatic rings. The summed E-state index contributed by atoms with van der Waals surface area (Å²) in [6, 6.07) is 6.74. The van der Waals surface area contributed by atoms with Crippen LogP contribution in [0.15, 0.2) is 18.2 Å². The van der Waals surface area contributed by atoms with E-state index in [0.29, 0.717) is 6.04 Å². The predicted molar refractivity (Wildman–Crippen MR) is 68.2 cm³/mol. The molecule has 1 fully saturated rings. The fraction of sp³-hybridized carbons (Fsp3) is 0.571. The van der Waals surface area contributed by atoms with Crippen LogP contribution in [0.4, 0.5) is 5.69 Å². The average molecular weight is 219 g/mol. The summed E-state index contributed by atoms with van der Waals surface area (Å²) in [5.41, 5.74) is 2.48. The third kappa shape index (κ3) is 2.91. The molecule has 2 rings (SSSR count). The zero-order valence-electron chi connectivity index (χ0n) is 10.4. The van der Waals surface area contributed by atoms with E-state index in [9.17, 15) is 0 Å². The first kappa shape index (κ1) is 11.3. The second kappa shape index (κ2) is 4.77. The maximum absolute atomic E-state index is 5.24. The lowest BCUT2D eigenvalue weighted by atomic mass is 10.1. The van der Waals surface area contributed by atoms with Gasteiger partial charge in [0.1, 0.15) is 5.75 Å². The predicted octanol–water partition coefficient (Wildman–Crippen LogP) is 3.60. The standard InChI is InChI=1S/C14H21NO/c1-10-4-7-13(16-3)9-14(10)15-11(2)8-12-5-6-12/h4,7,9,11-12,15H,5-6,8H2,1-3H3. The molecular weight excluding hydrogens is 198 g/mol. The largest absolute Gasteiger partial charge is 0.497 e. The maximum Gasteiger partial charge on any atom is 0.120 e. The van der Waals surface area contributed by atoms with Crippen molar-refractivity contribution in [3.05, 3.63) is 23.8 Å². The summed E-state index contributed by atoms with van der Waals surface area (Å²) in [5, 5.41) is 3.58. The van der Waals surface area contributed by atoms with Gasteiger partial charge in [0.2, 0.25) is 0 Å². The molecule has 16 heavy (non-hydrogen) atoms. The molecule has 1 atom stereocenters. The van der Waals surface area contributed by atoms with E-state index < -0.39 is 0 Å². The normalized spacial score (nSPS) is 16.9. The highest BCUT2D eigenvalue weighted by molar-refractivity contribution is 5.55. The number of methoxy groups -OCH3 is 1. The van der Waals surface area contributed by atoms with E-state index in [0.717, 1.165) is 11.7 Å². The maximum atomic E-state index is 5.24. The summed E-state index contributed by atoms with van der Waals surface area (Å²) >= 11 is 0. The molecule has 0 amide bonds. The number of rotatable bonds is 5. The monoisotopic (exact) mass is 219 g/mol. The minimum atomic E-state index is 0.554. The van der Waals surface area contributed by atoms with Crippen molar-refractivity contribution in [3.8, 4) is 5.75 Å². The summed E-state index contributed by atoms with van der Waals surface area (Å²) in [5.74, 6) is 1.89. The molecule has 0 radical (unpaired) electrons. The molecule has 0 aliphatic heterocycles. The Balaban J connectivity index is 2.00. The third-order valence-electron chi connectivity index (χ3n) is 3.23. The van der Waals surface area contributed by atoms with Crippen molar-refractivity contribution in [3.63, 3.8) is 0 Å². The Bertz CT molecular complexity index is 358. The molecule has 1 aliphatic carbocycles. The number of hydrogen-bond acceptors (Lipinski definition) is 2.